The molecule has 0 atom stereocenters. The Morgan fingerprint density at radius 1 is 1.47 bits per heavy atom. The van der Waals surface area contributed by atoms with Gasteiger partial charge in [0.05, 0.1) is 12.2 Å². The minimum Gasteiger partial charge on any atom is -0.493 e. The Labute approximate surface area is 97.5 Å². The summed E-state index contributed by atoms with van der Waals surface area (Å²) in [5.74, 6) is 0.519. The van der Waals surface area contributed by atoms with E-state index in [1.54, 1.807) is 12.1 Å². The molecule has 0 spiro atoms. The second-order valence-corrected chi connectivity index (χ2v) is 3.85. The number of methoxy groups -OCH3 is 1. The van der Waals surface area contributed by atoms with E-state index in [1.165, 1.54) is 7.11 Å². The third kappa shape index (κ3) is 3.32. The Morgan fingerprint density at radius 3 is 2.80 bits per heavy atom. The van der Waals surface area contributed by atoms with Crippen LogP contribution in [0.4, 0.5) is 0 Å². The Hall–Kier alpha value is -0.870. The van der Waals surface area contributed by atoms with Crippen molar-refractivity contribution in [2.24, 2.45) is 0 Å². The zero-order valence-corrected chi connectivity index (χ0v) is 10.3. The summed E-state index contributed by atoms with van der Waals surface area (Å²) in [6, 6.07) is 5.36. The molecule has 0 saturated carbocycles. The Morgan fingerprint density at radius 2 is 2.20 bits per heavy atom. The predicted octanol–water partition coefficient (Wildman–Crippen LogP) is 2.68. The molecule has 0 aliphatic rings. The molecule has 0 aliphatic heterocycles. The van der Waals surface area contributed by atoms with Crippen molar-refractivity contribution in [2.45, 2.75) is 6.92 Å². The van der Waals surface area contributed by atoms with Gasteiger partial charge in [0.15, 0.2) is 5.78 Å². The Balaban J connectivity index is 3.00. The number of carbonyl (C=O) groups excluding carboxylic acids is 1. The van der Waals surface area contributed by atoms with Gasteiger partial charge >= 0.3 is 0 Å². The first-order valence-corrected chi connectivity index (χ1v) is 5.42. The number of rotatable bonds is 5. The van der Waals surface area contributed by atoms with E-state index in [2.05, 4.69) is 15.9 Å². The fourth-order valence-corrected chi connectivity index (χ4v) is 1.57. The number of benzene rings is 1. The van der Waals surface area contributed by atoms with Crippen LogP contribution < -0.4 is 4.74 Å². The molecule has 1 aromatic carbocycles. The lowest BCUT2D eigenvalue weighted by atomic mass is 10.1. The van der Waals surface area contributed by atoms with Crippen molar-refractivity contribution in [1.82, 2.24) is 0 Å². The molecule has 0 aromatic heterocycles. The molecule has 0 fully saturated rings. The third-order valence-electron chi connectivity index (χ3n) is 1.82. The molecular formula is C11H13BrO3. The van der Waals surface area contributed by atoms with Gasteiger partial charge in [0.1, 0.15) is 12.4 Å². The van der Waals surface area contributed by atoms with Crippen molar-refractivity contribution in [1.29, 1.82) is 0 Å². The monoisotopic (exact) mass is 272 g/mol. The third-order valence-corrected chi connectivity index (χ3v) is 2.31. The molecule has 4 heteroatoms. The standard InChI is InChI=1S/C11H13BrO3/c1-3-15-11-5-4-8(12)6-9(11)10(13)7-14-2/h4-6H,3,7H2,1-2H3. The maximum atomic E-state index is 11.7. The van der Waals surface area contributed by atoms with Crippen molar-refractivity contribution in [3.8, 4) is 5.75 Å². The van der Waals surface area contributed by atoms with Gasteiger partial charge in [-0.15, -0.1) is 0 Å². The summed E-state index contributed by atoms with van der Waals surface area (Å²) in [5, 5.41) is 0. The van der Waals surface area contributed by atoms with Gasteiger partial charge in [0.2, 0.25) is 0 Å². The van der Waals surface area contributed by atoms with Gasteiger partial charge in [-0.3, -0.25) is 4.79 Å². The van der Waals surface area contributed by atoms with Gasteiger partial charge in [-0.1, -0.05) is 15.9 Å². The van der Waals surface area contributed by atoms with Crippen LogP contribution in [0.3, 0.4) is 0 Å². The SMILES string of the molecule is CCOc1ccc(Br)cc1C(=O)COC. The first-order valence-electron chi connectivity index (χ1n) is 4.63. The van der Waals surface area contributed by atoms with E-state index in [0.717, 1.165) is 4.47 Å². The minimum atomic E-state index is -0.0812. The topological polar surface area (TPSA) is 35.5 Å². The molecule has 0 aliphatic carbocycles. The summed E-state index contributed by atoms with van der Waals surface area (Å²) >= 11 is 3.32. The first kappa shape index (κ1) is 12.2. The van der Waals surface area contributed by atoms with Crippen LogP contribution in [0.15, 0.2) is 22.7 Å². The van der Waals surface area contributed by atoms with Crippen molar-refractivity contribution < 1.29 is 14.3 Å². The number of hydrogen-bond acceptors (Lipinski definition) is 3. The van der Waals surface area contributed by atoms with Crippen LogP contribution >= 0.6 is 15.9 Å². The maximum absolute atomic E-state index is 11.7. The van der Waals surface area contributed by atoms with Gasteiger partial charge in [-0.2, -0.15) is 0 Å². The lowest BCUT2D eigenvalue weighted by molar-refractivity contribution is 0.0844. The average molecular weight is 273 g/mol. The van der Waals surface area contributed by atoms with Gasteiger partial charge in [-0.25, -0.2) is 0 Å². The Kier molecular flexibility index (Phi) is 4.78. The fourth-order valence-electron chi connectivity index (χ4n) is 1.21. The molecule has 82 valence electrons. The summed E-state index contributed by atoms with van der Waals surface area (Å²) in [6.45, 7) is 2.48. The smallest absolute Gasteiger partial charge is 0.192 e. The van der Waals surface area contributed by atoms with E-state index in [1.807, 2.05) is 13.0 Å². The van der Waals surface area contributed by atoms with Crippen LogP contribution in [0.5, 0.6) is 5.75 Å². The summed E-state index contributed by atoms with van der Waals surface area (Å²) in [5.41, 5.74) is 0.549. The van der Waals surface area contributed by atoms with E-state index >= 15 is 0 Å². The zero-order chi connectivity index (χ0) is 11.3. The van der Waals surface area contributed by atoms with E-state index < -0.39 is 0 Å². The van der Waals surface area contributed by atoms with Crippen molar-refractivity contribution in [2.75, 3.05) is 20.3 Å². The van der Waals surface area contributed by atoms with Crippen LogP contribution in [0.1, 0.15) is 17.3 Å². The quantitative estimate of drug-likeness (QED) is 0.774. The molecule has 0 N–H and O–H groups in total. The number of ether oxygens (including phenoxy) is 2. The molecule has 1 aromatic rings. The molecule has 1 rings (SSSR count). The number of halogens is 1. The number of Topliss-reactive ketones (excluding diaryl/α,β-unsaturated/α-hetero) is 1. The predicted molar refractivity (Wildman–Crippen MR) is 61.5 cm³/mol. The molecule has 0 bridgehead atoms. The molecule has 0 amide bonds. The first-order chi connectivity index (χ1) is 7.19. The average Bonchev–Trinajstić information content (AvgIpc) is 2.21. The van der Waals surface area contributed by atoms with Crippen molar-refractivity contribution in [3.63, 3.8) is 0 Å². The molecule has 3 nitrogen and oxygen atoms in total. The van der Waals surface area contributed by atoms with Crippen LogP contribution in [-0.4, -0.2) is 26.1 Å². The minimum absolute atomic E-state index is 0.0660. The largest absolute Gasteiger partial charge is 0.493 e. The van der Waals surface area contributed by atoms with E-state index in [9.17, 15) is 4.79 Å². The highest BCUT2D eigenvalue weighted by Crippen LogP contribution is 2.23. The summed E-state index contributed by atoms with van der Waals surface area (Å²) in [7, 11) is 1.50. The van der Waals surface area contributed by atoms with Crippen LogP contribution in [0.25, 0.3) is 0 Å². The molecule has 0 saturated heterocycles. The number of ketones is 1. The van der Waals surface area contributed by atoms with Crippen molar-refractivity contribution >= 4 is 21.7 Å². The van der Waals surface area contributed by atoms with Gasteiger partial charge < -0.3 is 9.47 Å². The van der Waals surface area contributed by atoms with Gasteiger partial charge in [0, 0.05) is 11.6 Å². The fraction of sp³-hybridized carbons (Fsp3) is 0.364. The maximum Gasteiger partial charge on any atom is 0.192 e. The summed E-state index contributed by atoms with van der Waals surface area (Å²) in [6.07, 6.45) is 0. The van der Waals surface area contributed by atoms with E-state index in [4.69, 9.17) is 9.47 Å². The summed E-state index contributed by atoms with van der Waals surface area (Å²) < 4.78 is 11.0. The van der Waals surface area contributed by atoms with Crippen LogP contribution in [0.2, 0.25) is 0 Å². The van der Waals surface area contributed by atoms with E-state index in [-0.39, 0.29) is 12.4 Å². The normalized spacial score (nSPS) is 10.1. The number of hydrogen-bond donors (Lipinski definition) is 0. The van der Waals surface area contributed by atoms with E-state index in [0.29, 0.717) is 17.9 Å². The second-order valence-electron chi connectivity index (χ2n) is 2.93. The lowest BCUT2D eigenvalue weighted by Gasteiger charge is -2.09. The zero-order valence-electron chi connectivity index (χ0n) is 8.75. The lowest BCUT2D eigenvalue weighted by Crippen LogP contribution is -2.09. The molecule has 0 heterocycles. The Bertz CT molecular complexity index is 350. The number of carbonyl (C=O) groups is 1. The van der Waals surface area contributed by atoms with Crippen molar-refractivity contribution in [3.05, 3.63) is 28.2 Å². The summed E-state index contributed by atoms with van der Waals surface area (Å²) in [4.78, 5) is 11.7. The molecule has 15 heavy (non-hydrogen) atoms. The van der Waals surface area contributed by atoms with Crippen LogP contribution in [0, 0.1) is 0 Å². The van der Waals surface area contributed by atoms with Crippen LogP contribution in [-0.2, 0) is 4.74 Å². The van der Waals surface area contributed by atoms with Gasteiger partial charge in [0.25, 0.3) is 0 Å². The molecule has 0 radical (unpaired) electrons. The second kappa shape index (κ2) is 5.88. The highest BCUT2D eigenvalue weighted by atomic mass is 79.9. The highest BCUT2D eigenvalue weighted by molar-refractivity contribution is 9.10. The van der Waals surface area contributed by atoms with Gasteiger partial charge in [-0.05, 0) is 25.1 Å². The molecule has 0 unspecified atom stereocenters. The molecular weight excluding hydrogens is 260 g/mol. The highest BCUT2D eigenvalue weighted by Gasteiger charge is 2.12.